The van der Waals surface area contributed by atoms with Gasteiger partial charge < -0.3 is 4.90 Å². The number of hydrogen-bond donors (Lipinski definition) is 0. The van der Waals surface area contributed by atoms with Gasteiger partial charge in [0.25, 0.3) is 0 Å². The molecule has 1 aliphatic rings. The molecular formula is C19H18F3NOS. The summed E-state index contributed by atoms with van der Waals surface area (Å²) in [6.07, 6.45) is -3.53. The minimum atomic E-state index is -4.42. The molecule has 2 nitrogen and oxygen atoms in total. The molecule has 2 aromatic carbocycles. The van der Waals surface area contributed by atoms with Gasteiger partial charge in [0.2, 0.25) is 5.91 Å². The smallest absolute Gasteiger partial charge is 0.326 e. The van der Waals surface area contributed by atoms with Gasteiger partial charge in [-0.25, -0.2) is 0 Å². The lowest BCUT2D eigenvalue weighted by Crippen LogP contribution is -2.31. The van der Waals surface area contributed by atoms with Crippen LogP contribution in [0.15, 0.2) is 54.6 Å². The van der Waals surface area contributed by atoms with Gasteiger partial charge in [0.15, 0.2) is 0 Å². The molecule has 2 aromatic rings. The number of alkyl halides is 3. The Balaban J connectivity index is 1.76. The van der Waals surface area contributed by atoms with Crippen LogP contribution in [-0.4, -0.2) is 23.1 Å². The molecule has 25 heavy (non-hydrogen) atoms. The van der Waals surface area contributed by atoms with Gasteiger partial charge in [-0.05, 0) is 23.6 Å². The van der Waals surface area contributed by atoms with Crippen LogP contribution in [0.5, 0.6) is 0 Å². The van der Waals surface area contributed by atoms with Crippen molar-refractivity contribution in [1.82, 2.24) is 4.90 Å². The van der Waals surface area contributed by atoms with Crippen LogP contribution in [0.25, 0.3) is 0 Å². The van der Waals surface area contributed by atoms with Gasteiger partial charge in [0.1, 0.15) is 5.37 Å². The lowest BCUT2D eigenvalue weighted by Gasteiger charge is -2.26. The molecule has 1 amide bonds. The molecule has 0 saturated carbocycles. The average Bonchev–Trinajstić information content (AvgIpc) is 3.09. The monoisotopic (exact) mass is 365 g/mol. The van der Waals surface area contributed by atoms with Crippen molar-refractivity contribution in [2.75, 3.05) is 12.3 Å². The van der Waals surface area contributed by atoms with E-state index in [9.17, 15) is 18.0 Å². The molecule has 0 radical (unpaired) electrons. The summed E-state index contributed by atoms with van der Waals surface area (Å²) in [6, 6.07) is 15.2. The largest absolute Gasteiger partial charge is 0.416 e. The first-order valence-electron chi connectivity index (χ1n) is 8.08. The summed E-state index contributed by atoms with van der Waals surface area (Å²) in [5.74, 6) is 0.546. The fraction of sp³-hybridized carbons (Fsp3) is 0.316. The summed E-state index contributed by atoms with van der Waals surface area (Å²) in [4.78, 5) is 14.2. The molecule has 0 aromatic heterocycles. The molecule has 1 aliphatic heterocycles. The Morgan fingerprint density at radius 3 is 2.48 bits per heavy atom. The number of rotatable bonds is 4. The topological polar surface area (TPSA) is 20.3 Å². The number of amides is 1. The van der Waals surface area contributed by atoms with E-state index >= 15 is 0 Å². The van der Waals surface area contributed by atoms with E-state index < -0.39 is 17.1 Å². The zero-order valence-electron chi connectivity index (χ0n) is 13.5. The molecular weight excluding hydrogens is 347 g/mol. The molecule has 6 heteroatoms. The van der Waals surface area contributed by atoms with Crippen molar-refractivity contribution >= 4 is 17.7 Å². The van der Waals surface area contributed by atoms with E-state index in [2.05, 4.69) is 0 Å². The number of thioether (sulfide) groups is 1. The van der Waals surface area contributed by atoms with Crippen molar-refractivity contribution in [3.05, 3.63) is 71.3 Å². The van der Waals surface area contributed by atoms with Crippen LogP contribution in [0.2, 0.25) is 0 Å². The summed E-state index contributed by atoms with van der Waals surface area (Å²) in [6.45, 7) is 0.481. The number of aryl methyl sites for hydroxylation is 1. The maximum atomic E-state index is 13.3. The van der Waals surface area contributed by atoms with E-state index in [4.69, 9.17) is 0 Å². The van der Waals surface area contributed by atoms with Crippen LogP contribution >= 0.6 is 11.8 Å². The van der Waals surface area contributed by atoms with Crippen LogP contribution < -0.4 is 0 Å². The predicted molar refractivity (Wildman–Crippen MR) is 93.1 cm³/mol. The van der Waals surface area contributed by atoms with Gasteiger partial charge in [-0.2, -0.15) is 13.2 Å². The minimum absolute atomic E-state index is 0.101. The van der Waals surface area contributed by atoms with Gasteiger partial charge in [-0.15, -0.1) is 11.8 Å². The van der Waals surface area contributed by atoms with Crippen molar-refractivity contribution in [1.29, 1.82) is 0 Å². The highest BCUT2D eigenvalue weighted by Crippen LogP contribution is 2.43. The number of nitrogens with zero attached hydrogens (tertiary/aromatic N) is 1. The molecule has 1 atom stereocenters. The summed E-state index contributed by atoms with van der Waals surface area (Å²) < 4.78 is 39.9. The number of carbonyl (C=O) groups is 1. The predicted octanol–water partition coefficient (Wildman–Crippen LogP) is 4.91. The third kappa shape index (κ3) is 4.18. The van der Waals surface area contributed by atoms with Crippen LogP contribution in [0, 0.1) is 0 Å². The quantitative estimate of drug-likeness (QED) is 0.767. The van der Waals surface area contributed by atoms with E-state index in [1.165, 1.54) is 23.9 Å². The van der Waals surface area contributed by atoms with Crippen molar-refractivity contribution in [2.24, 2.45) is 0 Å². The Morgan fingerprint density at radius 2 is 1.76 bits per heavy atom. The highest BCUT2D eigenvalue weighted by Gasteiger charge is 2.39. The second-order valence-electron chi connectivity index (χ2n) is 5.88. The molecule has 0 N–H and O–H groups in total. The lowest BCUT2D eigenvalue weighted by molar-refractivity contribution is -0.139. The van der Waals surface area contributed by atoms with Crippen molar-refractivity contribution in [2.45, 2.75) is 24.4 Å². The van der Waals surface area contributed by atoms with Crippen molar-refractivity contribution < 1.29 is 18.0 Å². The van der Waals surface area contributed by atoms with E-state index in [1.807, 2.05) is 30.3 Å². The van der Waals surface area contributed by atoms with Gasteiger partial charge >= 0.3 is 6.18 Å². The van der Waals surface area contributed by atoms with Crippen molar-refractivity contribution in [3.63, 3.8) is 0 Å². The first-order chi connectivity index (χ1) is 12.0. The van der Waals surface area contributed by atoms with Gasteiger partial charge in [-0.1, -0.05) is 48.5 Å². The number of benzene rings is 2. The summed E-state index contributed by atoms with van der Waals surface area (Å²) >= 11 is 1.39. The Kier molecular flexibility index (Phi) is 5.37. The molecule has 1 fully saturated rings. The molecule has 0 bridgehead atoms. The number of carbonyl (C=O) groups excluding carboxylic acids is 1. The molecule has 0 aliphatic carbocycles. The fourth-order valence-corrected chi connectivity index (χ4v) is 4.31. The van der Waals surface area contributed by atoms with Gasteiger partial charge in [0, 0.05) is 18.7 Å². The van der Waals surface area contributed by atoms with E-state index in [0.29, 0.717) is 25.1 Å². The molecule has 1 saturated heterocycles. The highest BCUT2D eigenvalue weighted by molar-refractivity contribution is 7.99. The third-order valence-electron chi connectivity index (χ3n) is 4.21. The zero-order valence-corrected chi connectivity index (χ0v) is 14.3. The zero-order chi connectivity index (χ0) is 17.9. The molecule has 1 heterocycles. The Bertz CT molecular complexity index is 733. The first kappa shape index (κ1) is 17.9. The van der Waals surface area contributed by atoms with E-state index in [0.717, 1.165) is 11.6 Å². The maximum Gasteiger partial charge on any atom is 0.416 e. The number of hydrogen-bond acceptors (Lipinski definition) is 2. The maximum absolute atomic E-state index is 13.3. The van der Waals surface area contributed by atoms with Gasteiger partial charge in [0.05, 0.1) is 5.56 Å². The van der Waals surface area contributed by atoms with Crippen LogP contribution in [-0.2, 0) is 17.4 Å². The lowest BCUT2D eigenvalue weighted by atomic mass is 10.1. The molecule has 0 spiro atoms. The average molecular weight is 365 g/mol. The normalized spacial score (nSPS) is 17.7. The number of halogens is 3. The van der Waals surface area contributed by atoms with Crippen LogP contribution in [0.4, 0.5) is 13.2 Å². The SMILES string of the molecule is O=C(CCc1ccccc1)N1CCS[C@@H]1c1ccccc1C(F)(F)F. The molecule has 0 unspecified atom stereocenters. The fourth-order valence-electron chi connectivity index (χ4n) is 2.99. The van der Waals surface area contributed by atoms with E-state index in [-0.39, 0.29) is 11.5 Å². The molecule has 3 rings (SSSR count). The van der Waals surface area contributed by atoms with Crippen LogP contribution in [0.3, 0.4) is 0 Å². The second kappa shape index (κ2) is 7.52. The molecule has 132 valence electrons. The summed E-state index contributed by atoms with van der Waals surface area (Å²) in [7, 11) is 0. The van der Waals surface area contributed by atoms with Crippen LogP contribution in [0.1, 0.15) is 28.5 Å². The summed E-state index contributed by atoms with van der Waals surface area (Å²) in [5, 5.41) is -0.568. The minimum Gasteiger partial charge on any atom is -0.326 e. The first-order valence-corrected chi connectivity index (χ1v) is 9.13. The summed E-state index contributed by atoms with van der Waals surface area (Å²) in [5.41, 5.74) is 0.566. The highest BCUT2D eigenvalue weighted by atomic mass is 32.2. The Labute approximate surface area is 149 Å². The van der Waals surface area contributed by atoms with Gasteiger partial charge in [-0.3, -0.25) is 4.79 Å². The third-order valence-corrected chi connectivity index (χ3v) is 5.46. The Hall–Kier alpha value is -1.95. The standard InChI is InChI=1S/C19H18F3NOS/c20-19(21,22)16-9-5-4-8-15(16)18-23(12-13-25-18)17(24)11-10-14-6-2-1-3-7-14/h1-9,18H,10-13H2/t18-/m1/s1. The Morgan fingerprint density at radius 1 is 1.08 bits per heavy atom. The van der Waals surface area contributed by atoms with E-state index in [1.54, 1.807) is 11.0 Å². The van der Waals surface area contributed by atoms with Crippen molar-refractivity contribution in [3.8, 4) is 0 Å². The second-order valence-corrected chi connectivity index (χ2v) is 7.07.